The van der Waals surface area contributed by atoms with E-state index in [1.807, 2.05) is 37.7 Å². The third kappa shape index (κ3) is 3.22. The molecule has 0 aliphatic heterocycles. The van der Waals surface area contributed by atoms with Crippen LogP contribution < -0.4 is 4.90 Å². The quantitative estimate of drug-likeness (QED) is 0.788. The molecule has 0 bridgehead atoms. The fraction of sp³-hybridized carbons (Fsp3) is 0.286. The van der Waals surface area contributed by atoms with Gasteiger partial charge >= 0.3 is 0 Å². The number of ketones is 1. The van der Waals surface area contributed by atoms with E-state index in [2.05, 4.69) is 25.8 Å². The number of rotatable bonds is 4. The van der Waals surface area contributed by atoms with Gasteiger partial charge in [0.25, 0.3) is 0 Å². The minimum absolute atomic E-state index is 0.0733. The van der Waals surface area contributed by atoms with Gasteiger partial charge in [-0.1, -0.05) is 15.9 Å². The molecule has 1 aromatic heterocycles. The number of thiazole rings is 1. The van der Waals surface area contributed by atoms with E-state index in [-0.39, 0.29) is 5.78 Å². The van der Waals surface area contributed by atoms with Crippen LogP contribution in [0, 0.1) is 6.92 Å². The van der Waals surface area contributed by atoms with Crippen molar-refractivity contribution in [2.24, 2.45) is 0 Å². The van der Waals surface area contributed by atoms with E-state index in [4.69, 9.17) is 0 Å². The van der Waals surface area contributed by atoms with Crippen molar-refractivity contribution < 1.29 is 4.79 Å². The lowest BCUT2D eigenvalue weighted by Gasteiger charge is -2.21. The van der Waals surface area contributed by atoms with Crippen LogP contribution in [0.5, 0.6) is 0 Å². The molecule has 0 fully saturated rings. The van der Waals surface area contributed by atoms with Crippen LogP contribution in [0.25, 0.3) is 0 Å². The maximum absolute atomic E-state index is 11.7. The Balaban J connectivity index is 2.31. The normalized spacial score (nSPS) is 10.5. The molecular weight excluding hydrogens is 324 g/mol. The number of hydrogen-bond acceptors (Lipinski definition) is 4. The first-order chi connectivity index (χ1) is 8.99. The molecule has 3 nitrogen and oxygen atoms in total. The molecule has 0 N–H and O–H groups in total. The van der Waals surface area contributed by atoms with Crippen molar-refractivity contribution >= 4 is 38.7 Å². The first kappa shape index (κ1) is 14.2. The second kappa shape index (κ2) is 5.84. The van der Waals surface area contributed by atoms with Crippen LogP contribution in [0.15, 0.2) is 28.2 Å². The topological polar surface area (TPSA) is 33.2 Å². The molecule has 100 valence electrons. The van der Waals surface area contributed by atoms with Gasteiger partial charge in [-0.15, -0.1) is 11.3 Å². The average molecular weight is 339 g/mol. The Morgan fingerprint density at radius 2 is 2.21 bits per heavy atom. The van der Waals surface area contributed by atoms with E-state index >= 15 is 0 Å². The zero-order chi connectivity index (χ0) is 14.0. The second-order valence-corrected chi connectivity index (χ2v) is 6.29. The average Bonchev–Trinajstić information content (AvgIpc) is 2.74. The largest absolute Gasteiger partial charge is 0.369 e. The summed E-state index contributed by atoms with van der Waals surface area (Å²) in [6.45, 7) is 4.36. The highest BCUT2D eigenvalue weighted by Crippen LogP contribution is 2.26. The Bertz CT molecular complexity index is 609. The molecule has 19 heavy (non-hydrogen) atoms. The number of nitrogens with zero attached hydrogens (tertiary/aromatic N) is 2. The molecule has 0 atom stereocenters. The molecule has 0 aliphatic carbocycles. The van der Waals surface area contributed by atoms with Gasteiger partial charge in [-0.05, 0) is 32.0 Å². The molecule has 0 saturated heterocycles. The number of aryl methyl sites for hydroxylation is 1. The minimum atomic E-state index is 0.0733. The number of hydrogen-bond donors (Lipinski definition) is 0. The lowest BCUT2D eigenvalue weighted by atomic mass is 10.1. The van der Waals surface area contributed by atoms with Gasteiger partial charge in [-0.2, -0.15) is 0 Å². The van der Waals surface area contributed by atoms with Gasteiger partial charge < -0.3 is 4.90 Å². The fourth-order valence-corrected chi connectivity index (χ4v) is 3.09. The smallest absolute Gasteiger partial charge is 0.161 e. The van der Waals surface area contributed by atoms with E-state index in [1.54, 1.807) is 18.3 Å². The number of carbonyl (C=O) groups is 1. The Morgan fingerprint density at radius 3 is 2.79 bits per heavy atom. The van der Waals surface area contributed by atoms with Gasteiger partial charge in [-0.25, -0.2) is 4.98 Å². The highest BCUT2D eigenvalue weighted by molar-refractivity contribution is 9.10. The van der Waals surface area contributed by atoms with E-state index < -0.39 is 0 Å². The fourth-order valence-electron chi connectivity index (χ4n) is 1.90. The number of anilines is 1. The van der Waals surface area contributed by atoms with Crippen molar-refractivity contribution in [3.8, 4) is 0 Å². The number of halogens is 1. The summed E-state index contributed by atoms with van der Waals surface area (Å²) in [5, 5.41) is 0. The molecule has 2 aromatic rings. The van der Waals surface area contributed by atoms with Crippen LogP contribution in [-0.4, -0.2) is 17.8 Å². The summed E-state index contributed by atoms with van der Waals surface area (Å²) in [5.41, 5.74) is 4.59. The van der Waals surface area contributed by atoms with E-state index in [0.717, 1.165) is 28.0 Å². The maximum atomic E-state index is 11.7. The Hall–Kier alpha value is -1.20. The van der Waals surface area contributed by atoms with Crippen LogP contribution >= 0.6 is 27.3 Å². The number of carbonyl (C=O) groups excluding carboxylic acids is 1. The molecule has 5 heteroatoms. The van der Waals surface area contributed by atoms with Gasteiger partial charge in [0.2, 0.25) is 0 Å². The van der Waals surface area contributed by atoms with Gasteiger partial charge in [0.15, 0.2) is 5.78 Å². The van der Waals surface area contributed by atoms with E-state index in [0.29, 0.717) is 0 Å². The highest BCUT2D eigenvalue weighted by atomic mass is 79.9. The van der Waals surface area contributed by atoms with E-state index in [9.17, 15) is 4.79 Å². The van der Waals surface area contributed by atoms with Gasteiger partial charge in [0.05, 0.1) is 17.7 Å². The summed E-state index contributed by atoms with van der Waals surface area (Å²) in [7, 11) is 1.99. The van der Waals surface area contributed by atoms with Gasteiger partial charge in [0, 0.05) is 27.6 Å². The summed E-state index contributed by atoms with van der Waals surface area (Å²) >= 11 is 5.05. The van der Waals surface area contributed by atoms with Crippen molar-refractivity contribution in [1.82, 2.24) is 4.98 Å². The number of aromatic nitrogens is 1. The van der Waals surface area contributed by atoms with Crippen LogP contribution in [0.3, 0.4) is 0 Å². The molecule has 2 rings (SSSR count). The molecule has 0 amide bonds. The van der Waals surface area contributed by atoms with Crippen LogP contribution in [0.4, 0.5) is 5.69 Å². The Morgan fingerprint density at radius 1 is 1.47 bits per heavy atom. The lowest BCUT2D eigenvalue weighted by molar-refractivity contribution is 0.101. The van der Waals surface area contributed by atoms with E-state index in [1.165, 1.54) is 4.88 Å². The van der Waals surface area contributed by atoms with Crippen molar-refractivity contribution in [2.75, 3.05) is 11.9 Å². The number of Topliss-reactive ketones (excluding diaryl/α,β-unsaturated/α-hetero) is 1. The molecule has 0 aliphatic rings. The molecular formula is C14H15BrN2OS. The van der Waals surface area contributed by atoms with Gasteiger partial charge in [0.1, 0.15) is 0 Å². The molecule has 1 aromatic carbocycles. The Kier molecular flexibility index (Phi) is 4.37. The lowest BCUT2D eigenvalue weighted by Crippen LogP contribution is -2.18. The summed E-state index contributed by atoms with van der Waals surface area (Å²) in [6.07, 6.45) is 0. The SMILES string of the molecule is CC(=O)c1cc(Br)ccc1N(C)Cc1scnc1C. The minimum Gasteiger partial charge on any atom is -0.369 e. The first-order valence-electron chi connectivity index (χ1n) is 5.89. The second-order valence-electron chi connectivity index (χ2n) is 4.43. The monoisotopic (exact) mass is 338 g/mol. The zero-order valence-corrected chi connectivity index (χ0v) is 13.5. The molecule has 0 saturated carbocycles. The van der Waals surface area contributed by atoms with Crippen LogP contribution in [0.2, 0.25) is 0 Å². The predicted octanol–water partition coefficient (Wildman–Crippen LogP) is 4.05. The third-order valence-corrected chi connectivity index (χ3v) is 4.39. The van der Waals surface area contributed by atoms with Crippen LogP contribution in [-0.2, 0) is 6.54 Å². The first-order valence-corrected chi connectivity index (χ1v) is 7.57. The zero-order valence-electron chi connectivity index (χ0n) is 11.1. The van der Waals surface area contributed by atoms with Crippen molar-refractivity contribution in [3.05, 3.63) is 44.3 Å². The summed E-state index contributed by atoms with van der Waals surface area (Å²) in [6, 6.07) is 5.79. The highest BCUT2D eigenvalue weighted by Gasteiger charge is 2.13. The van der Waals surface area contributed by atoms with Gasteiger partial charge in [-0.3, -0.25) is 4.79 Å². The molecule has 0 spiro atoms. The summed E-state index contributed by atoms with van der Waals surface area (Å²) in [4.78, 5) is 19.3. The molecule has 0 unspecified atom stereocenters. The van der Waals surface area contributed by atoms with Crippen molar-refractivity contribution in [2.45, 2.75) is 20.4 Å². The number of benzene rings is 1. The van der Waals surface area contributed by atoms with Crippen LogP contribution in [0.1, 0.15) is 27.9 Å². The van der Waals surface area contributed by atoms with Crippen molar-refractivity contribution in [3.63, 3.8) is 0 Å². The summed E-state index contributed by atoms with van der Waals surface area (Å²) in [5.74, 6) is 0.0733. The third-order valence-electron chi connectivity index (χ3n) is 2.97. The predicted molar refractivity (Wildman–Crippen MR) is 83.1 cm³/mol. The molecule has 0 radical (unpaired) electrons. The summed E-state index contributed by atoms with van der Waals surface area (Å²) < 4.78 is 0.920. The van der Waals surface area contributed by atoms with Crippen molar-refractivity contribution in [1.29, 1.82) is 0 Å². The standard InChI is InChI=1S/C14H15BrN2OS/c1-9-14(19-8-16-9)7-17(3)13-5-4-11(15)6-12(13)10(2)18/h4-6,8H,7H2,1-3H3. The Labute approximate surface area is 125 Å². The maximum Gasteiger partial charge on any atom is 0.161 e. The molecule has 1 heterocycles.